The van der Waals surface area contributed by atoms with Crippen molar-refractivity contribution in [1.29, 1.82) is 0 Å². The molecule has 0 aliphatic carbocycles. The number of hydrogen-bond acceptors (Lipinski definition) is 4. The van der Waals surface area contributed by atoms with Gasteiger partial charge in [-0.15, -0.1) is 12.6 Å². The fraction of sp³-hybridized carbons (Fsp3) is 0.111. The smallest absolute Gasteiger partial charge is 0.263 e. The van der Waals surface area contributed by atoms with Gasteiger partial charge in [0.2, 0.25) is 5.78 Å². The summed E-state index contributed by atoms with van der Waals surface area (Å²) in [6.07, 6.45) is 0. The van der Waals surface area contributed by atoms with E-state index in [9.17, 15) is 4.79 Å². The van der Waals surface area contributed by atoms with Gasteiger partial charge in [-0.2, -0.15) is 0 Å². The van der Waals surface area contributed by atoms with Crippen LogP contribution in [0.25, 0.3) is 11.1 Å². The van der Waals surface area contributed by atoms with Crippen LogP contribution in [-0.4, -0.2) is 10.8 Å². The summed E-state index contributed by atoms with van der Waals surface area (Å²) in [5.41, 5.74) is 1.23. The van der Waals surface area contributed by atoms with Crippen LogP contribution in [0.1, 0.15) is 17.6 Å². The molecule has 0 saturated heterocycles. The predicted molar refractivity (Wildman–Crippen MR) is 51.3 cm³/mol. The van der Waals surface area contributed by atoms with Gasteiger partial charge in [-0.25, -0.2) is 4.98 Å². The molecule has 4 heteroatoms. The number of fused-ring (bicyclic) bond motifs is 1. The highest BCUT2D eigenvalue weighted by molar-refractivity contribution is 7.80. The van der Waals surface area contributed by atoms with Crippen molar-refractivity contribution in [1.82, 2.24) is 4.98 Å². The first-order valence-electron chi connectivity index (χ1n) is 3.78. The molecule has 0 spiro atoms. The van der Waals surface area contributed by atoms with Crippen LogP contribution in [0.2, 0.25) is 0 Å². The lowest BCUT2D eigenvalue weighted by molar-refractivity contribution is 0.0982. The molecule has 0 aliphatic heterocycles. The van der Waals surface area contributed by atoms with Gasteiger partial charge in [0.05, 0.1) is 0 Å². The molecule has 0 atom stereocenters. The summed E-state index contributed by atoms with van der Waals surface area (Å²) in [5.74, 6) is -0.0413. The van der Waals surface area contributed by atoms with Gasteiger partial charge < -0.3 is 4.42 Å². The van der Waals surface area contributed by atoms with Crippen molar-refractivity contribution in [2.75, 3.05) is 0 Å². The largest absolute Gasteiger partial charge is 0.433 e. The third-order valence-corrected chi connectivity index (χ3v) is 2.05. The molecule has 0 unspecified atom stereocenters. The number of aromatic nitrogens is 1. The molecular weight excluding hydrogens is 186 g/mol. The molecule has 0 fully saturated rings. The Balaban J connectivity index is 2.75. The number of para-hydroxylation sites is 1. The molecule has 0 amide bonds. The molecule has 0 radical (unpaired) electrons. The van der Waals surface area contributed by atoms with Gasteiger partial charge in [0.25, 0.3) is 5.89 Å². The molecule has 0 aliphatic rings. The van der Waals surface area contributed by atoms with E-state index in [1.54, 1.807) is 12.1 Å². The maximum absolute atomic E-state index is 10.9. The highest BCUT2D eigenvalue weighted by Crippen LogP contribution is 2.22. The molecule has 1 aromatic heterocycles. The Hall–Kier alpha value is -1.29. The van der Waals surface area contributed by atoms with Crippen LogP contribution in [0.3, 0.4) is 0 Å². The average molecular weight is 193 g/mol. The number of Topliss-reactive ketones (excluding diaryl/α,β-unsaturated/α-hetero) is 1. The number of rotatable bonds is 1. The zero-order valence-corrected chi connectivity index (χ0v) is 7.84. The summed E-state index contributed by atoms with van der Waals surface area (Å²) in [6, 6.07) is 5.39. The van der Waals surface area contributed by atoms with Crippen molar-refractivity contribution in [3.63, 3.8) is 0 Å². The fourth-order valence-corrected chi connectivity index (χ4v) is 1.33. The number of hydrogen-bond donors (Lipinski definition) is 1. The van der Waals surface area contributed by atoms with E-state index in [1.165, 1.54) is 6.92 Å². The van der Waals surface area contributed by atoms with Crippen LogP contribution >= 0.6 is 12.6 Å². The van der Waals surface area contributed by atoms with Gasteiger partial charge in [0.15, 0.2) is 5.58 Å². The molecular formula is C9H7NO2S. The summed E-state index contributed by atoms with van der Waals surface area (Å²) in [7, 11) is 0. The van der Waals surface area contributed by atoms with E-state index < -0.39 is 0 Å². The highest BCUT2D eigenvalue weighted by atomic mass is 32.1. The van der Waals surface area contributed by atoms with Crippen LogP contribution in [0.4, 0.5) is 0 Å². The minimum atomic E-state index is -0.177. The molecule has 13 heavy (non-hydrogen) atoms. The lowest BCUT2D eigenvalue weighted by Crippen LogP contribution is -1.89. The molecule has 1 heterocycles. The summed E-state index contributed by atoms with van der Waals surface area (Å²) in [5, 5.41) is 0. The van der Waals surface area contributed by atoms with Crippen LogP contribution < -0.4 is 0 Å². The van der Waals surface area contributed by atoms with Crippen LogP contribution in [-0.2, 0) is 0 Å². The van der Waals surface area contributed by atoms with E-state index in [4.69, 9.17) is 4.42 Å². The zero-order chi connectivity index (χ0) is 9.42. The van der Waals surface area contributed by atoms with Crippen molar-refractivity contribution in [2.45, 2.75) is 11.8 Å². The minimum Gasteiger partial charge on any atom is -0.433 e. The third kappa shape index (κ3) is 1.33. The number of carbonyl (C=O) groups excluding carboxylic acids is 1. The number of oxazole rings is 1. The number of nitrogens with zero attached hydrogens (tertiary/aromatic N) is 1. The Labute approximate surface area is 80.2 Å². The second kappa shape index (κ2) is 2.88. The first-order valence-corrected chi connectivity index (χ1v) is 4.22. The van der Waals surface area contributed by atoms with Gasteiger partial charge in [0, 0.05) is 11.8 Å². The number of benzene rings is 1. The quantitative estimate of drug-likeness (QED) is 0.558. The third-order valence-electron chi connectivity index (χ3n) is 1.70. The van der Waals surface area contributed by atoms with Crippen LogP contribution in [0.15, 0.2) is 27.5 Å². The van der Waals surface area contributed by atoms with E-state index in [-0.39, 0.29) is 11.7 Å². The molecule has 1 aromatic carbocycles. The summed E-state index contributed by atoms with van der Waals surface area (Å²) < 4.78 is 5.22. The Morgan fingerprint density at radius 1 is 1.54 bits per heavy atom. The predicted octanol–water partition coefficient (Wildman–Crippen LogP) is 2.32. The Kier molecular flexibility index (Phi) is 1.84. The fourth-order valence-electron chi connectivity index (χ4n) is 1.09. The summed E-state index contributed by atoms with van der Waals surface area (Å²) >= 11 is 4.19. The van der Waals surface area contributed by atoms with E-state index in [0.717, 1.165) is 0 Å². The van der Waals surface area contributed by atoms with E-state index >= 15 is 0 Å². The normalized spacial score (nSPS) is 10.6. The summed E-state index contributed by atoms with van der Waals surface area (Å²) in [4.78, 5) is 15.6. The average Bonchev–Trinajstić information content (AvgIpc) is 2.49. The Morgan fingerprint density at radius 3 is 2.92 bits per heavy atom. The van der Waals surface area contributed by atoms with Crippen LogP contribution in [0, 0.1) is 0 Å². The van der Waals surface area contributed by atoms with Crippen LogP contribution in [0.5, 0.6) is 0 Å². The topological polar surface area (TPSA) is 43.1 Å². The number of carbonyl (C=O) groups is 1. The summed E-state index contributed by atoms with van der Waals surface area (Å²) in [6.45, 7) is 1.42. The van der Waals surface area contributed by atoms with Crippen molar-refractivity contribution in [2.24, 2.45) is 0 Å². The lowest BCUT2D eigenvalue weighted by atomic mass is 10.3. The number of ketones is 1. The molecule has 66 valence electrons. The second-order valence-corrected chi connectivity index (χ2v) is 3.18. The van der Waals surface area contributed by atoms with Gasteiger partial charge in [-0.1, -0.05) is 6.07 Å². The van der Waals surface area contributed by atoms with Gasteiger partial charge in [-0.3, -0.25) is 4.79 Å². The van der Waals surface area contributed by atoms with E-state index in [2.05, 4.69) is 17.6 Å². The molecule has 0 bridgehead atoms. The molecule has 2 rings (SSSR count). The standard InChI is InChI=1S/C9H7NO2S/c1-5(11)9-10-6-3-2-4-7(13)8(6)12-9/h2-4,13H,1H3. The lowest BCUT2D eigenvalue weighted by Gasteiger charge is -1.88. The molecule has 3 nitrogen and oxygen atoms in total. The van der Waals surface area contributed by atoms with E-state index in [0.29, 0.717) is 16.0 Å². The zero-order valence-electron chi connectivity index (χ0n) is 6.94. The second-order valence-electron chi connectivity index (χ2n) is 2.70. The van der Waals surface area contributed by atoms with Gasteiger partial charge in [-0.05, 0) is 12.1 Å². The van der Waals surface area contributed by atoms with Gasteiger partial charge in [0.1, 0.15) is 5.52 Å². The number of thiol groups is 1. The monoisotopic (exact) mass is 193 g/mol. The van der Waals surface area contributed by atoms with E-state index in [1.807, 2.05) is 6.07 Å². The minimum absolute atomic E-state index is 0.136. The first-order chi connectivity index (χ1) is 6.18. The Morgan fingerprint density at radius 2 is 2.31 bits per heavy atom. The van der Waals surface area contributed by atoms with Crippen molar-refractivity contribution in [3.8, 4) is 0 Å². The Bertz CT molecular complexity index is 475. The maximum Gasteiger partial charge on any atom is 0.263 e. The highest BCUT2D eigenvalue weighted by Gasteiger charge is 2.10. The van der Waals surface area contributed by atoms with Crippen molar-refractivity contribution in [3.05, 3.63) is 24.1 Å². The van der Waals surface area contributed by atoms with Crippen molar-refractivity contribution >= 4 is 29.5 Å². The molecule has 0 N–H and O–H groups in total. The molecule has 2 aromatic rings. The maximum atomic E-state index is 10.9. The van der Waals surface area contributed by atoms with Gasteiger partial charge >= 0.3 is 0 Å². The SMILES string of the molecule is CC(=O)c1nc2cccc(S)c2o1. The van der Waals surface area contributed by atoms with Crippen molar-refractivity contribution < 1.29 is 9.21 Å². The molecule has 0 saturated carbocycles. The first kappa shape index (κ1) is 8.31.